The van der Waals surface area contributed by atoms with Crippen molar-refractivity contribution in [3.8, 4) is 0 Å². The van der Waals surface area contributed by atoms with Gasteiger partial charge in [0.25, 0.3) is 11.8 Å². The van der Waals surface area contributed by atoms with Crippen molar-refractivity contribution in [2.45, 2.75) is 19.4 Å². The highest BCUT2D eigenvalue weighted by molar-refractivity contribution is 6.30. The molecule has 29 heavy (non-hydrogen) atoms. The summed E-state index contributed by atoms with van der Waals surface area (Å²) in [5.41, 5.74) is 2.77. The quantitative estimate of drug-likeness (QED) is 0.509. The molecule has 1 saturated heterocycles. The molecule has 0 radical (unpaired) electrons. The molecule has 2 amide bonds. The summed E-state index contributed by atoms with van der Waals surface area (Å²) < 4.78 is 0. The van der Waals surface area contributed by atoms with Crippen molar-refractivity contribution in [3.63, 3.8) is 0 Å². The number of carbonyl (C=O) groups is 2. The van der Waals surface area contributed by atoms with Crippen molar-refractivity contribution < 1.29 is 19.4 Å². The molecule has 1 aliphatic heterocycles. The maximum Gasteiger partial charge on any atom is 0.279 e. The largest absolute Gasteiger partial charge is 0.331 e. The van der Waals surface area contributed by atoms with Crippen molar-refractivity contribution in [1.29, 1.82) is 0 Å². The van der Waals surface area contributed by atoms with Crippen LogP contribution in [0.2, 0.25) is 5.02 Å². The molecule has 7 heteroatoms. The molecule has 1 aliphatic rings. The lowest BCUT2D eigenvalue weighted by Crippen LogP contribution is -3.11. The normalized spacial score (nSPS) is 15.1. The van der Waals surface area contributed by atoms with Gasteiger partial charge < -0.3 is 20.4 Å². The Morgan fingerprint density at radius 2 is 1.38 bits per heavy atom. The van der Waals surface area contributed by atoms with Crippen LogP contribution < -0.4 is 20.4 Å². The summed E-state index contributed by atoms with van der Waals surface area (Å²) in [5.74, 6) is -0.258. The molecule has 1 unspecified atom stereocenters. The molecule has 0 aliphatic carbocycles. The van der Waals surface area contributed by atoms with Crippen LogP contribution in [0.25, 0.3) is 0 Å². The maximum absolute atomic E-state index is 12.3. The predicted octanol–water partition coefficient (Wildman–Crippen LogP) is 0.611. The summed E-state index contributed by atoms with van der Waals surface area (Å²) in [6, 6.07) is 15.0. The summed E-state index contributed by atoms with van der Waals surface area (Å²) in [5, 5.41) is 6.33. The minimum Gasteiger partial charge on any atom is -0.331 e. The van der Waals surface area contributed by atoms with Gasteiger partial charge in [0.2, 0.25) is 0 Å². The Bertz CT molecular complexity index is 818. The van der Waals surface area contributed by atoms with Crippen LogP contribution in [0.15, 0.2) is 48.5 Å². The SMILES string of the molecule is C[NH+](CC(=O)Nc1ccc(Cl)cc1)CC(=O)Nc1ccc(C[NH+]2CCCC2)cc1. The van der Waals surface area contributed by atoms with E-state index in [9.17, 15) is 9.59 Å². The van der Waals surface area contributed by atoms with E-state index >= 15 is 0 Å². The van der Waals surface area contributed by atoms with Crippen LogP contribution in [0.4, 0.5) is 11.4 Å². The number of hydrogen-bond acceptors (Lipinski definition) is 2. The Hall–Kier alpha value is -2.41. The number of benzene rings is 2. The van der Waals surface area contributed by atoms with Gasteiger partial charge in [0, 0.05) is 34.8 Å². The van der Waals surface area contributed by atoms with Crippen molar-refractivity contribution in [2.24, 2.45) is 0 Å². The first-order valence-electron chi connectivity index (χ1n) is 10.1. The molecule has 2 aromatic rings. The lowest BCUT2D eigenvalue weighted by Gasteiger charge is -2.14. The molecule has 154 valence electrons. The van der Waals surface area contributed by atoms with Gasteiger partial charge in [-0.25, -0.2) is 0 Å². The number of likely N-dealkylation sites (N-methyl/N-ethyl adjacent to an activating group) is 1. The molecular weight excluding hydrogens is 388 g/mol. The number of rotatable bonds is 8. The Balaban J connectivity index is 1.40. The van der Waals surface area contributed by atoms with Gasteiger partial charge in [-0.15, -0.1) is 0 Å². The number of halogens is 1. The van der Waals surface area contributed by atoms with Gasteiger partial charge in [0.1, 0.15) is 6.54 Å². The van der Waals surface area contributed by atoms with E-state index in [1.807, 2.05) is 19.2 Å². The third-order valence-electron chi connectivity index (χ3n) is 5.06. The number of anilines is 2. The van der Waals surface area contributed by atoms with E-state index in [1.165, 1.54) is 31.5 Å². The van der Waals surface area contributed by atoms with E-state index in [1.54, 1.807) is 29.2 Å². The second kappa shape index (κ2) is 10.4. The number of amides is 2. The Morgan fingerprint density at radius 1 is 0.897 bits per heavy atom. The van der Waals surface area contributed by atoms with Crippen LogP contribution in [0.1, 0.15) is 18.4 Å². The van der Waals surface area contributed by atoms with E-state index in [-0.39, 0.29) is 24.9 Å². The molecule has 1 heterocycles. The number of hydrogen-bond donors (Lipinski definition) is 4. The first kappa shape index (κ1) is 21.3. The topological polar surface area (TPSA) is 67.1 Å². The van der Waals surface area contributed by atoms with Crippen LogP contribution in [0, 0.1) is 0 Å². The van der Waals surface area contributed by atoms with Gasteiger partial charge in [-0.1, -0.05) is 23.7 Å². The monoisotopic (exact) mass is 416 g/mol. The lowest BCUT2D eigenvalue weighted by atomic mass is 10.2. The second-order valence-corrected chi connectivity index (χ2v) is 8.18. The molecule has 0 bridgehead atoms. The van der Waals surface area contributed by atoms with Crippen LogP contribution in [0.5, 0.6) is 0 Å². The molecule has 0 spiro atoms. The fourth-order valence-electron chi connectivity index (χ4n) is 3.60. The number of likely N-dealkylation sites (tertiary alicyclic amines) is 1. The summed E-state index contributed by atoms with van der Waals surface area (Å²) >= 11 is 5.84. The Kier molecular flexibility index (Phi) is 7.63. The van der Waals surface area contributed by atoms with Crippen molar-refractivity contribution in [3.05, 3.63) is 59.1 Å². The standard InChI is InChI=1S/C22H27ClN4O2/c1-26(16-22(29)25-20-10-6-18(23)7-11-20)15-21(28)24-19-8-4-17(5-9-19)14-27-12-2-3-13-27/h4-11H,2-3,12-16H2,1H3,(H,24,28)(H,25,29)/p+2. The predicted molar refractivity (Wildman–Crippen MR) is 115 cm³/mol. The van der Waals surface area contributed by atoms with Gasteiger partial charge in [-0.3, -0.25) is 9.59 Å². The summed E-state index contributed by atoms with van der Waals surface area (Å²) in [6.07, 6.45) is 2.63. The van der Waals surface area contributed by atoms with E-state index < -0.39 is 0 Å². The van der Waals surface area contributed by atoms with E-state index in [2.05, 4.69) is 22.8 Å². The van der Waals surface area contributed by atoms with Crippen molar-refractivity contribution in [1.82, 2.24) is 0 Å². The zero-order valence-electron chi connectivity index (χ0n) is 16.8. The molecule has 1 fully saturated rings. The smallest absolute Gasteiger partial charge is 0.279 e. The molecule has 4 N–H and O–H groups in total. The lowest BCUT2D eigenvalue weighted by molar-refractivity contribution is -0.901. The molecule has 0 saturated carbocycles. The minimum absolute atomic E-state index is 0.111. The second-order valence-electron chi connectivity index (χ2n) is 7.74. The van der Waals surface area contributed by atoms with Crippen molar-refractivity contribution >= 4 is 34.8 Å². The molecule has 1 atom stereocenters. The van der Waals surface area contributed by atoms with Crippen LogP contribution in [-0.4, -0.2) is 45.0 Å². The highest BCUT2D eigenvalue weighted by atomic mass is 35.5. The average molecular weight is 417 g/mol. The Morgan fingerprint density at radius 3 is 1.90 bits per heavy atom. The first-order valence-corrected chi connectivity index (χ1v) is 10.4. The average Bonchev–Trinajstić information content (AvgIpc) is 3.18. The number of nitrogens with one attached hydrogen (secondary N) is 4. The molecule has 6 nitrogen and oxygen atoms in total. The fourth-order valence-corrected chi connectivity index (χ4v) is 3.73. The minimum atomic E-state index is -0.147. The zero-order chi connectivity index (χ0) is 20.6. The van der Waals surface area contributed by atoms with Crippen LogP contribution in [-0.2, 0) is 16.1 Å². The van der Waals surface area contributed by atoms with Gasteiger partial charge in [0.05, 0.1) is 20.1 Å². The Labute approximate surface area is 176 Å². The third-order valence-corrected chi connectivity index (χ3v) is 5.31. The highest BCUT2D eigenvalue weighted by Crippen LogP contribution is 2.13. The molecule has 0 aromatic heterocycles. The maximum atomic E-state index is 12.3. The first-order chi connectivity index (χ1) is 14.0. The van der Waals surface area contributed by atoms with E-state index in [0.717, 1.165) is 17.1 Å². The zero-order valence-corrected chi connectivity index (χ0v) is 17.5. The van der Waals surface area contributed by atoms with Crippen LogP contribution >= 0.6 is 11.6 Å². The third kappa shape index (κ3) is 7.16. The molecular formula is C22H29ClN4O2+2. The van der Waals surface area contributed by atoms with Crippen LogP contribution in [0.3, 0.4) is 0 Å². The van der Waals surface area contributed by atoms with Gasteiger partial charge in [-0.2, -0.15) is 0 Å². The van der Waals surface area contributed by atoms with E-state index in [4.69, 9.17) is 11.6 Å². The van der Waals surface area contributed by atoms with Gasteiger partial charge in [0.15, 0.2) is 13.1 Å². The summed E-state index contributed by atoms with van der Waals surface area (Å²) in [7, 11) is 1.82. The number of carbonyl (C=O) groups excluding carboxylic acids is 2. The molecule has 2 aromatic carbocycles. The van der Waals surface area contributed by atoms with Crippen molar-refractivity contribution in [2.75, 3.05) is 43.9 Å². The molecule has 3 rings (SSSR count). The number of quaternary nitrogens is 2. The fraction of sp³-hybridized carbons (Fsp3) is 0.364. The summed E-state index contributed by atoms with van der Waals surface area (Å²) in [6.45, 7) is 3.96. The highest BCUT2D eigenvalue weighted by Gasteiger charge is 2.16. The summed E-state index contributed by atoms with van der Waals surface area (Å²) in [4.78, 5) is 26.8. The van der Waals surface area contributed by atoms with Gasteiger partial charge in [-0.05, 0) is 36.4 Å². The van der Waals surface area contributed by atoms with Gasteiger partial charge >= 0.3 is 0 Å². The van der Waals surface area contributed by atoms with E-state index in [0.29, 0.717) is 10.7 Å².